The van der Waals surface area contributed by atoms with E-state index in [0.717, 1.165) is 36.0 Å². The Morgan fingerprint density at radius 3 is 2.42 bits per heavy atom. The summed E-state index contributed by atoms with van der Waals surface area (Å²) in [6, 6.07) is 0. The van der Waals surface area contributed by atoms with Gasteiger partial charge in [0.25, 0.3) is 0 Å². The molecular weight excluding hydrogens is 236 g/mol. The number of hydrogen-bond donors (Lipinski definition) is 0. The number of fused-ring (bicyclic) bond motifs is 9. The van der Waals surface area contributed by atoms with E-state index in [0.29, 0.717) is 5.92 Å². The molecule has 0 amide bonds. The number of carbonyl (C=O) groups is 1. The second-order valence-corrected chi connectivity index (χ2v) is 8.14. The maximum atomic E-state index is 12.4. The molecule has 2 heteroatoms. The highest BCUT2D eigenvalue weighted by atomic mass is 16.6. The van der Waals surface area contributed by atoms with E-state index in [4.69, 9.17) is 4.74 Å². The minimum atomic E-state index is -0.340. The molecule has 0 aromatic heterocycles. The number of ether oxygens (including phenoxy) is 1. The van der Waals surface area contributed by atoms with Crippen molar-refractivity contribution in [2.45, 2.75) is 45.6 Å². The van der Waals surface area contributed by atoms with Crippen molar-refractivity contribution in [1.82, 2.24) is 0 Å². The number of rotatable bonds is 1. The standard InChI is InChI=1S/C17H24O2/c1-17(2,3)19-16(18)13-8-11-7-12(13)15-10-5-4-9(6-10)14(11)15/h4-5,9-15H,6-8H2,1-3H3. The van der Waals surface area contributed by atoms with Crippen LogP contribution in [0.1, 0.15) is 40.0 Å². The van der Waals surface area contributed by atoms with E-state index in [2.05, 4.69) is 12.2 Å². The molecule has 0 aromatic carbocycles. The van der Waals surface area contributed by atoms with Gasteiger partial charge >= 0.3 is 5.97 Å². The normalized spacial score (nSPS) is 49.7. The molecule has 0 radical (unpaired) electrons. The summed E-state index contributed by atoms with van der Waals surface area (Å²) in [5, 5.41) is 0. The van der Waals surface area contributed by atoms with Gasteiger partial charge in [-0.2, -0.15) is 0 Å². The lowest BCUT2D eigenvalue weighted by Crippen LogP contribution is -2.37. The molecular formula is C17H24O2. The fraction of sp³-hybridized carbons (Fsp3) is 0.824. The molecule has 0 spiro atoms. The highest BCUT2D eigenvalue weighted by Crippen LogP contribution is 2.67. The van der Waals surface area contributed by atoms with Crippen LogP contribution in [0.25, 0.3) is 0 Å². The van der Waals surface area contributed by atoms with Crippen LogP contribution in [0.15, 0.2) is 12.2 Å². The Morgan fingerprint density at radius 2 is 1.74 bits per heavy atom. The first kappa shape index (κ1) is 12.0. The topological polar surface area (TPSA) is 26.3 Å². The maximum Gasteiger partial charge on any atom is 0.309 e. The number of hydrogen-bond acceptors (Lipinski definition) is 2. The van der Waals surface area contributed by atoms with Gasteiger partial charge in [0.05, 0.1) is 5.92 Å². The van der Waals surface area contributed by atoms with Gasteiger partial charge in [-0.05, 0) is 75.5 Å². The van der Waals surface area contributed by atoms with E-state index >= 15 is 0 Å². The summed E-state index contributed by atoms with van der Waals surface area (Å²) >= 11 is 0. The monoisotopic (exact) mass is 260 g/mol. The molecule has 7 atom stereocenters. The molecule has 0 aromatic rings. The lowest BCUT2D eigenvalue weighted by atomic mass is 9.69. The summed E-state index contributed by atoms with van der Waals surface area (Å²) in [6.45, 7) is 5.92. The molecule has 4 rings (SSSR count). The SMILES string of the molecule is CC(C)(C)OC(=O)C1CC2CC1C1C3C=CC(C3)C21. The Kier molecular flexibility index (Phi) is 2.30. The fourth-order valence-corrected chi connectivity index (χ4v) is 5.66. The minimum absolute atomic E-state index is 0.0743. The third-order valence-corrected chi connectivity index (χ3v) is 5.98. The molecule has 0 aliphatic heterocycles. The van der Waals surface area contributed by atoms with Crippen LogP contribution in [0.3, 0.4) is 0 Å². The summed E-state index contributed by atoms with van der Waals surface area (Å²) in [7, 11) is 0. The van der Waals surface area contributed by atoms with Gasteiger partial charge in [0, 0.05) is 0 Å². The van der Waals surface area contributed by atoms with Gasteiger partial charge in [-0.3, -0.25) is 4.79 Å². The summed E-state index contributed by atoms with van der Waals surface area (Å²) in [6.07, 6.45) is 8.63. The Hall–Kier alpha value is -0.790. The summed E-state index contributed by atoms with van der Waals surface area (Å²) < 4.78 is 5.65. The van der Waals surface area contributed by atoms with Crippen LogP contribution in [0, 0.1) is 41.4 Å². The van der Waals surface area contributed by atoms with Crippen LogP contribution in [0.2, 0.25) is 0 Å². The quantitative estimate of drug-likeness (QED) is 0.410. The van der Waals surface area contributed by atoms with Gasteiger partial charge in [-0.1, -0.05) is 12.2 Å². The summed E-state index contributed by atoms with van der Waals surface area (Å²) in [5.41, 5.74) is -0.340. The van der Waals surface area contributed by atoms with Crippen LogP contribution < -0.4 is 0 Å². The Balaban J connectivity index is 1.54. The molecule has 4 bridgehead atoms. The first-order valence-electron chi connectivity index (χ1n) is 7.85. The van der Waals surface area contributed by atoms with Crippen molar-refractivity contribution in [2.24, 2.45) is 41.4 Å². The van der Waals surface area contributed by atoms with Gasteiger partial charge in [-0.15, -0.1) is 0 Å². The molecule has 0 N–H and O–H groups in total. The molecule has 3 fully saturated rings. The van der Waals surface area contributed by atoms with Crippen LogP contribution in [0.4, 0.5) is 0 Å². The largest absolute Gasteiger partial charge is 0.460 e. The second kappa shape index (κ2) is 3.65. The molecule has 0 heterocycles. The van der Waals surface area contributed by atoms with Crippen LogP contribution in [0.5, 0.6) is 0 Å². The summed E-state index contributed by atoms with van der Waals surface area (Å²) in [4.78, 5) is 12.4. The van der Waals surface area contributed by atoms with E-state index in [-0.39, 0.29) is 17.5 Å². The minimum Gasteiger partial charge on any atom is -0.460 e. The fourth-order valence-electron chi connectivity index (χ4n) is 5.66. The Bertz CT molecular complexity index is 445. The number of carbonyl (C=O) groups excluding carboxylic acids is 1. The first-order chi connectivity index (χ1) is 8.94. The average molecular weight is 260 g/mol. The van der Waals surface area contributed by atoms with E-state index < -0.39 is 0 Å². The third-order valence-electron chi connectivity index (χ3n) is 5.98. The molecule has 0 saturated heterocycles. The van der Waals surface area contributed by atoms with Gasteiger partial charge in [0.1, 0.15) is 5.60 Å². The first-order valence-corrected chi connectivity index (χ1v) is 7.85. The molecule has 104 valence electrons. The molecule has 3 saturated carbocycles. The highest BCUT2D eigenvalue weighted by molar-refractivity contribution is 5.74. The van der Waals surface area contributed by atoms with E-state index in [1.807, 2.05) is 20.8 Å². The molecule has 4 aliphatic rings. The van der Waals surface area contributed by atoms with Crippen molar-refractivity contribution in [3.05, 3.63) is 12.2 Å². The van der Waals surface area contributed by atoms with Crippen molar-refractivity contribution in [2.75, 3.05) is 0 Å². The molecule has 7 unspecified atom stereocenters. The van der Waals surface area contributed by atoms with Crippen molar-refractivity contribution < 1.29 is 9.53 Å². The van der Waals surface area contributed by atoms with Crippen molar-refractivity contribution in [3.63, 3.8) is 0 Å². The predicted molar refractivity (Wildman–Crippen MR) is 73.3 cm³/mol. The van der Waals surface area contributed by atoms with Crippen LogP contribution in [-0.2, 0) is 9.53 Å². The van der Waals surface area contributed by atoms with Crippen molar-refractivity contribution >= 4 is 5.97 Å². The van der Waals surface area contributed by atoms with E-state index in [1.54, 1.807) is 0 Å². The smallest absolute Gasteiger partial charge is 0.309 e. The van der Waals surface area contributed by atoms with E-state index in [9.17, 15) is 4.79 Å². The zero-order valence-electron chi connectivity index (χ0n) is 12.1. The molecule has 19 heavy (non-hydrogen) atoms. The Morgan fingerprint density at radius 1 is 1.05 bits per heavy atom. The highest BCUT2D eigenvalue weighted by Gasteiger charge is 2.62. The number of esters is 1. The van der Waals surface area contributed by atoms with Crippen molar-refractivity contribution in [3.8, 4) is 0 Å². The van der Waals surface area contributed by atoms with Crippen molar-refractivity contribution in [1.29, 1.82) is 0 Å². The van der Waals surface area contributed by atoms with E-state index in [1.165, 1.54) is 12.8 Å². The summed E-state index contributed by atoms with van der Waals surface area (Å²) in [5.74, 6) is 4.99. The molecule has 4 aliphatic carbocycles. The van der Waals surface area contributed by atoms with Crippen LogP contribution >= 0.6 is 0 Å². The van der Waals surface area contributed by atoms with Crippen LogP contribution in [-0.4, -0.2) is 11.6 Å². The average Bonchev–Trinajstić information content (AvgIpc) is 3.04. The number of allylic oxidation sites excluding steroid dienone is 2. The molecule has 2 nitrogen and oxygen atoms in total. The zero-order chi connectivity index (χ0) is 13.4. The maximum absolute atomic E-state index is 12.4. The lowest BCUT2D eigenvalue weighted by Gasteiger charge is -2.36. The van der Waals surface area contributed by atoms with Gasteiger partial charge in [0.15, 0.2) is 0 Å². The Labute approximate surface area is 115 Å². The predicted octanol–water partition coefficient (Wildman–Crippen LogP) is 3.42. The second-order valence-electron chi connectivity index (χ2n) is 8.14. The zero-order valence-corrected chi connectivity index (χ0v) is 12.1. The van der Waals surface area contributed by atoms with Gasteiger partial charge in [0.2, 0.25) is 0 Å². The lowest BCUT2D eigenvalue weighted by molar-refractivity contribution is -0.163. The van der Waals surface area contributed by atoms with Gasteiger partial charge in [-0.25, -0.2) is 0 Å². The third kappa shape index (κ3) is 1.64. The van der Waals surface area contributed by atoms with Gasteiger partial charge < -0.3 is 4.74 Å².